The predicted octanol–water partition coefficient (Wildman–Crippen LogP) is 1.21. The van der Waals surface area contributed by atoms with Gasteiger partial charge in [-0.3, -0.25) is 0 Å². The van der Waals surface area contributed by atoms with Crippen LogP contribution in [0.25, 0.3) is 0 Å². The first-order valence-corrected chi connectivity index (χ1v) is 4.28. The van der Waals surface area contributed by atoms with Crippen LogP contribution in [-0.2, 0) is 0 Å². The van der Waals surface area contributed by atoms with E-state index >= 15 is 0 Å². The van der Waals surface area contributed by atoms with Crippen molar-refractivity contribution in [2.45, 2.75) is 5.62 Å². The van der Waals surface area contributed by atoms with E-state index in [1.807, 2.05) is 42.0 Å². The van der Waals surface area contributed by atoms with Crippen LogP contribution >= 0.6 is 11.6 Å². The Morgan fingerprint density at radius 1 is 1.42 bits per heavy atom. The number of rotatable bonds is 0. The third kappa shape index (κ3) is 1.08. The van der Waals surface area contributed by atoms with Crippen molar-refractivity contribution < 1.29 is 4.58 Å². The van der Waals surface area contributed by atoms with Crippen LogP contribution in [0.4, 0.5) is 0 Å². The summed E-state index contributed by atoms with van der Waals surface area (Å²) in [6.07, 6.45) is 10.1. The van der Waals surface area contributed by atoms with E-state index in [2.05, 4.69) is 5.32 Å². The van der Waals surface area contributed by atoms with Crippen LogP contribution in [0.3, 0.4) is 0 Å². The molecule has 1 heterocycles. The molecule has 0 aromatic rings. The zero-order valence-corrected chi connectivity index (χ0v) is 7.55. The van der Waals surface area contributed by atoms with Crippen molar-refractivity contribution in [1.29, 1.82) is 0 Å². The molecule has 1 atom stereocenters. The largest absolute Gasteiger partial charge is 0.309 e. The van der Waals surface area contributed by atoms with Crippen LogP contribution in [0.15, 0.2) is 36.1 Å². The summed E-state index contributed by atoms with van der Waals surface area (Å²) in [5.74, 6) is 0. The second-order valence-electron chi connectivity index (χ2n) is 2.80. The van der Waals surface area contributed by atoms with Gasteiger partial charge in [-0.05, 0) is 17.7 Å². The van der Waals surface area contributed by atoms with E-state index < -0.39 is 0 Å². The lowest BCUT2D eigenvalue weighted by Gasteiger charge is -1.95. The maximum absolute atomic E-state index is 5.99. The number of nitrogens with one attached hydrogen (secondary N) is 1. The number of hydrogen-bond acceptors (Lipinski definition) is 1. The van der Waals surface area contributed by atoms with Crippen molar-refractivity contribution >= 4 is 17.3 Å². The fourth-order valence-electron chi connectivity index (χ4n) is 1.31. The molecule has 1 unspecified atom stereocenters. The minimum absolute atomic E-state index is 0.123. The summed E-state index contributed by atoms with van der Waals surface area (Å²) in [7, 11) is 1.97. The summed E-state index contributed by atoms with van der Waals surface area (Å²) in [5, 5.41) is 3.16. The normalized spacial score (nSPS) is 26.5. The Balaban J connectivity index is 2.48. The molecule has 1 N–H and O–H groups in total. The Morgan fingerprint density at radius 2 is 2.25 bits per heavy atom. The molecule has 0 saturated heterocycles. The molecule has 2 aliphatic rings. The van der Waals surface area contributed by atoms with Crippen LogP contribution in [0, 0.1) is 0 Å². The highest BCUT2D eigenvalue weighted by Crippen LogP contribution is 2.12. The van der Waals surface area contributed by atoms with Crippen LogP contribution in [0.2, 0.25) is 0 Å². The van der Waals surface area contributed by atoms with E-state index in [1.165, 1.54) is 0 Å². The molecule has 0 fully saturated rings. The maximum Gasteiger partial charge on any atom is 0.305 e. The number of hydrogen-bond donors (Lipinski definition) is 1. The molecular weight excluding hydrogens is 172 g/mol. The minimum Gasteiger partial charge on any atom is -0.309 e. The molecule has 2 rings (SSSR count). The maximum atomic E-state index is 5.99. The lowest BCUT2D eigenvalue weighted by Crippen LogP contribution is -2.23. The molecule has 0 amide bonds. The smallest absolute Gasteiger partial charge is 0.305 e. The van der Waals surface area contributed by atoms with Gasteiger partial charge < -0.3 is 5.32 Å². The molecule has 3 heteroatoms. The molecule has 1 aliphatic heterocycles. The van der Waals surface area contributed by atoms with Crippen LogP contribution < -0.4 is 5.32 Å². The van der Waals surface area contributed by atoms with Crippen molar-refractivity contribution in [2.24, 2.45) is 0 Å². The zero-order valence-electron chi connectivity index (χ0n) is 6.79. The van der Waals surface area contributed by atoms with Gasteiger partial charge in [0.05, 0.1) is 0 Å². The summed E-state index contributed by atoms with van der Waals surface area (Å²) >= 11 is 5.99. The summed E-state index contributed by atoms with van der Waals surface area (Å²) in [4.78, 5) is 0. The lowest BCUT2D eigenvalue weighted by atomic mass is 10.2. The van der Waals surface area contributed by atoms with Gasteiger partial charge in [-0.25, -0.2) is 0 Å². The number of halogens is 1. The first-order chi connectivity index (χ1) is 5.79. The molecule has 62 valence electrons. The topological polar surface area (TPSA) is 15.0 Å². The van der Waals surface area contributed by atoms with E-state index in [9.17, 15) is 0 Å². The first-order valence-electron chi connectivity index (χ1n) is 3.85. The number of allylic oxidation sites excluding steroid dienone is 5. The van der Waals surface area contributed by atoms with Gasteiger partial charge in [0, 0.05) is 6.08 Å². The van der Waals surface area contributed by atoms with Crippen LogP contribution in [-0.4, -0.2) is 23.0 Å². The van der Waals surface area contributed by atoms with E-state index in [4.69, 9.17) is 11.6 Å². The van der Waals surface area contributed by atoms with Crippen LogP contribution in [0.5, 0.6) is 0 Å². The number of nitrogens with zero attached hydrogens (tertiary/aromatic N) is 1. The summed E-state index contributed by atoms with van der Waals surface area (Å²) in [6.45, 7) is 0. The van der Waals surface area contributed by atoms with Gasteiger partial charge in [0.2, 0.25) is 5.71 Å². The fourth-order valence-corrected chi connectivity index (χ4v) is 1.54. The third-order valence-corrected chi connectivity index (χ3v) is 2.41. The Kier molecular flexibility index (Phi) is 1.77. The fraction of sp³-hybridized carbons (Fsp3) is 0.222. The molecular formula is C9H10ClN2+. The standard InChI is InChI=1S/C9H9ClN2/c1-12-8-6-4-2-3-5-7(8)11-9(12)10/h2-6,9H,1H3/p+1. The molecule has 2 nitrogen and oxygen atoms in total. The highest BCUT2D eigenvalue weighted by atomic mass is 35.5. The predicted molar refractivity (Wildman–Crippen MR) is 50.3 cm³/mol. The molecule has 0 aromatic heterocycles. The number of alkyl halides is 1. The van der Waals surface area contributed by atoms with Crippen molar-refractivity contribution in [3.63, 3.8) is 0 Å². The van der Waals surface area contributed by atoms with Crippen molar-refractivity contribution in [1.82, 2.24) is 5.32 Å². The van der Waals surface area contributed by atoms with E-state index in [1.54, 1.807) is 0 Å². The minimum atomic E-state index is -0.123. The number of fused-ring (bicyclic) bond motifs is 1. The Labute approximate surface area is 76.5 Å². The van der Waals surface area contributed by atoms with Gasteiger partial charge in [-0.2, -0.15) is 4.58 Å². The molecule has 0 bridgehead atoms. The Morgan fingerprint density at radius 3 is 3.08 bits per heavy atom. The highest BCUT2D eigenvalue weighted by Gasteiger charge is 2.29. The summed E-state index contributed by atoms with van der Waals surface area (Å²) in [6, 6.07) is 0. The van der Waals surface area contributed by atoms with E-state index in [-0.39, 0.29) is 5.62 Å². The second-order valence-corrected chi connectivity index (χ2v) is 3.21. The van der Waals surface area contributed by atoms with Crippen molar-refractivity contribution in [3.8, 4) is 0 Å². The van der Waals surface area contributed by atoms with E-state index in [0.717, 1.165) is 11.4 Å². The quantitative estimate of drug-likeness (QED) is 0.337. The van der Waals surface area contributed by atoms with Gasteiger partial charge in [0.25, 0.3) is 0 Å². The van der Waals surface area contributed by atoms with Gasteiger partial charge in [0.15, 0.2) is 0 Å². The van der Waals surface area contributed by atoms with Gasteiger partial charge in [-0.1, -0.05) is 18.2 Å². The zero-order chi connectivity index (χ0) is 8.55. The molecule has 0 saturated carbocycles. The molecule has 0 spiro atoms. The monoisotopic (exact) mass is 181 g/mol. The molecule has 1 aliphatic carbocycles. The average Bonchev–Trinajstić information content (AvgIpc) is 2.30. The highest BCUT2D eigenvalue weighted by molar-refractivity contribution is 6.21. The third-order valence-electron chi connectivity index (χ3n) is 2.01. The first kappa shape index (κ1) is 7.62. The van der Waals surface area contributed by atoms with Gasteiger partial charge >= 0.3 is 5.62 Å². The van der Waals surface area contributed by atoms with Crippen molar-refractivity contribution in [3.05, 3.63) is 36.1 Å². The van der Waals surface area contributed by atoms with Crippen LogP contribution in [0.1, 0.15) is 0 Å². The average molecular weight is 182 g/mol. The van der Waals surface area contributed by atoms with Gasteiger partial charge in [0.1, 0.15) is 12.7 Å². The van der Waals surface area contributed by atoms with Gasteiger partial charge in [-0.15, -0.1) is 0 Å². The Bertz CT molecular complexity index is 323. The summed E-state index contributed by atoms with van der Waals surface area (Å²) < 4.78 is 2.00. The van der Waals surface area contributed by atoms with E-state index in [0.29, 0.717) is 0 Å². The lowest BCUT2D eigenvalue weighted by molar-refractivity contribution is -0.509. The molecule has 0 aromatic carbocycles. The Hall–Kier alpha value is -1.02. The summed E-state index contributed by atoms with van der Waals surface area (Å²) in [5.41, 5.74) is 2.10. The van der Waals surface area contributed by atoms with Crippen molar-refractivity contribution in [2.75, 3.05) is 7.05 Å². The SMILES string of the molecule is C[N+]1=C2C=CC=CC=C2NC1Cl. The molecule has 0 radical (unpaired) electrons. The second kappa shape index (κ2) is 2.79. The molecule has 12 heavy (non-hydrogen) atoms.